The molecule has 0 saturated heterocycles. The first-order valence-corrected chi connectivity index (χ1v) is 20.4. The Morgan fingerprint density at radius 3 is 1.41 bits per heavy atom. The van der Waals surface area contributed by atoms with Crippen LogP contribution in [0.15, 0.2) is 194 Å². The molecule has 0 bridgehead atoms. The summed E-state index contributed by atoms with van der Waals surface area (Å²) in [4.78, 5) is 10.6. The van der Waals surface area contributed by atoms with E-state index in [9.17, 15) is 0 Å². The van der Waals surface area contributed by atoms with E-state index in [1.54, 1.807) is 0 Å². The zero-order chi connectivity index (χ0) is 37.0. The van der Waals surface area contributed by atoms with E-state index in [1.165, 1.54) is 62.6 Å². The highest BCUT2D eigenvalue weighted by Gasteiger charge is 2.17. The lowest BCUT2D eigenvalue weighted by Gasteiger charge is -2.14. The highest BCUT2D eigenvalue weighted by atomic mass is 32.1. The lowest BCUT2D eigenvalue weighted by molar-refractivity contribution is 1.18. The van der Waals surface area contributed by atoms with Gasteiger partial charge in [-0.05, 0) is 69.8 Å². The molecule has 56 heavy (non-hydrogen) atoms. The molecule has 0 amide bonds. The van der Waals surface area contributed by atoms with E-state index in [4.69, 9.17) is 9.97 Å². The van der Waals surface area contributed by atoms with Crippen LogP contribution in [0.5, 0.6) is 0 Å². The Morgan fingerprint density at radius 2 is 0.732 bits per heavy atom. The van der Waals surface area contributed by atoms with Crippen LogP contribution in [-0.4, -0.2) is 9.97 Å². The van der Waals surface area contributed by atoms with E-state index in [-0.39, 0.29) is 0 Å². The number of nitrogens with zero attached hydrogens (tertiary/aromatic N) is 2. The summed E-state index contributed by atoms with van der Waals surface area (Å²) < 4.78 is 5.22. The van der Waals surface area contributed by atoms with Crippen LogP contribution in [0.3, 0.4) is 0 Å². The van der Waals surface area contributed by atoms with Crippen LogP contribution in [0.2, 0.25) is 0 Å². The molecular formula is C52H32N2S2. The first-order valence-electron chi connectivity index (χ1n) is 18.8. The van der Waals surface area contributed by atoms with Crippen molar-refractivity contribution in [3.8, 4) is 67.3 Å². The Labute approximate surface area is 332 Å². The van der Waals surface area contributed by atoms with Crippen molar-refractivity contribution in [2.24, 2.45) is 0 Å². The number of aromatic nitrogens is 2. The van der Waals surface area contributed by atoms with Crippen LogP contribution >= 0.6 is 22.7 Å². The molecule has 2 nitrogen and oxygen atoms in total. The Morgan fingerprint density at radius 1 is 0.286 bits per heavy atom. The summed E-state index contributed by atoms with van der Waals surface area (Å²) in [5, 5.41) is 5.22. The van der Waals surface area contributed by atoms with E-state index in [0.717, 1.165) is 39.2 Å². The average Bonchev–Trinajstić information content (AvgIpc) is 3.85. The molecule has 0 saturated carbocycles. The summed E-state index contributed by atoms with van der Waals surface area (Å²) in [6.45, 7) is 0. The van der Waals surface area contributed by atoms with Gasteiger partial charge in [-0.25, -0.2) is 9.97 Å². The van der Waals surface area contributed by atoms with Crippen molar-refractivity contribution in [2.45, 2.75) is 0 Å². The van der Waals surface area contributed by atoms with Crippen molar-refractivity contribution in [3.63, 3.8) is 0 Å². The van der Waals surface area contributed by atoms with Gasteiger partial charge in [-0.2, -0.15) is 0 Å². The van der Waals surface area contributed by atoms with Gasteiger partial charge >= 0.3 is 0 Å². The number of rotatable bonds is 6. The number of fused-ring (bicyclic) bond motifs is 6. The third-order valence-corrected chi connectivity index (χ3v) is 13.0. The van der Waals surface area contributed by atoms with Crippen molar-refractivity contribution in [2.75, 3.05) is 0 Å². The van der Waals surface area contributed by atoms with Gasteiger partial charge in [0, 0.05) is 57.0 Å². The molecular weight excluding hydrogens is 717 g/mol. The Balaban J connectivity index is 1.07. The van der Waals surface area contributed by atoms with Crippen LogP contribution in [0.4, 0.5) is 0 Å². The summed E-state index contributed by atoms with van der Waals surface area (Å²) >= 11 is 3.70. The average molecular weight is 749 g/mol. The van der Waals surface area contributed by atoms with Crippen LogP contribution in [-0.2, 0) is 0 Å². The van der Waals surface area contributed by atoms with Crippen LogP contribution in [0.25, 0.3) is 108 Å². The molecule has 0 aliphatic carbocycles. The predicted octanol–water partition coefficient (Wildman–Crippen LogP) is 15.2. The molecule has 0 unspecified atom stereocenters. The molecule has 0 spiro atoms. The number of benzene rings is 8. The van der Waals surface area contributed by atoms with E-state index in [1.807, 2.05) is 22.7 Å². The van der Waals surface area contributed by atoms with Gasteiger partial charge in [0.15, 0.2) is 5.82 Å². The predicted molar refractivity (Wildman–Crippen MR) is 240 cm³/mol. The smallest absolute Gasteiger partial charge is 0.161 e. The second-order valence-electron chi connectivity index (χ2n) is 14.1. The van der Waals surface area contributed by atoms with E-state index < -0.39 is 0 Å². The summed E-state index contributed by atoms with van der Waals surface area (Å²) in [5.41, 5.74) is 11.9. The minimum absolute atomic E-state index is 0.701. The summed E-state index contributed by atoms with van der Waals surface area (Å²) in [7, 11) is 0. The molecule has 3 aromatic heterocycles. The highest BCUT2D eigenvalue weighted by molar-refractivity contribution is 7.26. The van der Waals surface area contributed by atoms with E-state index in [0.29, 0.717) is 5.82 Å². The first-order chi connectivity index (χ1) is 27.7. The van der Waals surface area contributed by atoms with Crippen molar-refractivity contribution in [1.29, 1.82) is 0 Å². The van der Waals surface area contributed by atoms with Gasteiger partial charge in [0.25, 0.3) is 0 Å². The minimum atomic E-state index is 0.701. The molecule has 11 rings (SSSR count). The van der Waals surface area contributed by atoms with Gasteiger partial charge in [0.05, 0.1) is 11.4 Å². The van der Waals surface area contributed by atoms with Gasteiger partial charge in [0.2, 0.25) is 0 Å². The lowest BCUT2D eigenvalue weighted by Crippen LogP contribution is -1.97. The second kappa shape index (κ2) is 13.5. The van der Waals surface area contributed by atoms with Gasteiger partial charge in [-0.3, -0.25) is 0 Å². The monoisotopic (exact) mass is 748 g/mol. The quantitative estimate of drug-likeness (QED) is 0.169. The van der Waals surface area contributed by atoms with E-state index in [2.05, 4.69) is 194 Å². The first kappa shape index (κ1) is 32.7. The van der Waals surface area contributed by atoms with Gasteiger partial charge in [-0.15, -0.1) is 22.7 Å². The molecule has 0 fully saturated rings. The molecule has 0 aliphatic heterocycles. The number of hydrogen-bond acceptors (Lipinski definition) is 4. The van der Waals surface area contributed by atoms with E-state index >= 15 is 0 Å². The Kier molecular flexibility index (Phi) is 7.90. The van der Waals surface area contributed by atoms with Crippen LogP contribution in [0.1, 0.15) is 0 Å². The van der Waals surface area contributed by atoms with Crippen LogP contribution < -0.4 is 0 Å². The highest BCUT2D eigenvalue weighted by Crippen LogP contribution is 2.43. The maximum Gasteiger partial charge on any atom is 0.161 e. The molecule has 4 heteroatoms. The molecule has 262 valence electrons. The number of thiophene rings is 2. The summed E-state index contributed by atoms with van der Waals surface area (Å²) in [5.74, 6) is 0.701. The van der Waals surface area contributed by atoms with Crippen molar-refractivity contribution >= 4 is 63.0 Å². The Bertz CT molecular complexity index is 3250. The SMILES string of the molecule is c1ccc(-c2ccccc2-c2nc(-c3ccc(-c4cccc5sc6ccccc6c45)cc3)cc(-c3cccc(-c4cccc5sc6ccccc6c45)c3)n2)cc1. The lowest BCUT2D eigenvalue weighted by atomic mass is 9.96. The summed E-state index contributed by atoms with van der Waals surface area (Å²) in [6.07, 6.45) is 0. The van der Waals surface area contributed by atoms with Crippen molar-refractivity contribution in [1.82, 2.24) is 9.97 Å². The maximum absolute atomic E-state index is 5.34. The zero-order valence-corrected chi connectivity index (χ0v) is 31.8. The normalized spacial score (nSPS) is 11.6. The third kappa shape index (κ3) is 5.62. The molecule has 0 aliphatic rings. The molecule has 0 N–H and O–H groups in total. The topological polar surface area (TPSA) is 25.8 Å². The van der Waals surface area contributed by atoms with Crippen molar-refractivity contribution < 1.29 is 0 Å². The fraction of sp³-hybridized carbons (Fsp3) is 0. The fourth-order valence-electron chi connectivity index (χ4n) is 8.11. The number of hydrogen-bond donors (Lipinski definition) is 0. The van der Waals surface area contributed by atoms with Crippen molar-refractivity contribution in [3.05, 3.63) is 194 Å². The minimum Gasteiger partial charge on any atom is -0.228 e. The zero-order valence-electron chi connectivity index (χ0n) is 30.2. The second-order valence-corrected chi connectivity index (χ2v) is 16.3. The maximum atomic E-state index is 5.34. The molecule has 0 atom stereocenters. The third-order valence-electron chi connectivity index (χ3n) is 10.7. The van der Waals surface area contributed by atoms with Crippen LogP contribution in [0, 0.1) is 0 Å². The molecule has 11 aromatic rings. The summed E-state index contributed by atoms with van der Waals surface area (Å²) in [6, 6.07) is 69.6. The van der Waals surface area contributed by atoms with Gasteiger partial charge in [-0.1, -0.05) is 158 Å². The Hall–Kier alpha value is -6.72. The fourth-order valence-corrected chi connectivity index (χ4v) is 10.4. The van der Waals surface area contributed by atoms with Gasteiger partial charge < -0.3 is 0 Å². The molecule has 8 aromatic carbocycles. The van der Waals surface area contributed by atoms with Gasteiger partial charge in [0.1, 0.15) is 0 Å². The largest absolute Gasteiger partial charge is 0.228 e. The molecule has 3 heterocycles. The standard InChI is InChI=1S/C52H32N2S2/c1-2-13-33(14-3-1)38-17-4-5-18-41(38)52-53-44(35-29-27-34(28-30-35)39-21-11-25-48-50(39)42-19-6-8-23-46(42)55-48)32-45(54-52)37-16-10-15-36(31-37)40-22-12-26-49-51(40)43-20-7-9-24-47(43)56-49/h1-32H. The molecule has 0 radical (unpaired) electrons.